The summed E-state index contributed by atoms with van der Waals surface area (Å²) in [6.45, 7) is 0.294. The van der Waals surface area contributed by atoms with Crippen molar-refractivity contribution < 1.29 is 18.4 Å². The summed E-state index contributed by atoms with van der Waals surface area (Å²) in [5.74, 6) is -1.76. The van der Waals surface area contributed by atoms with Gasteiger partial charge < -0.3 is 16.0 Å². The van der Waals surface area contributed by atoms with E-state index in [-0.39, 0.29) is 42.8 Å². The standard InChI is InChI=1S/C24H20ClF2N3O2S.ClH/c25-16-5-1-15(2-6-16)12-30-21-9-18(19(27)10-22(21)33-13-20(28)24(30)32)23(31)29-11-14-3-7-17(26)8-4-14;/h1-10,20H,11-13,28H2,(H,29,31);1H/t20-;/m0./s1. The summed E-state index contributed by atoms with van der Waals surface area (Å²) in [4.78, 5) is 27.8. The first kappa shape index (κ1) is 26.0. The molecule has 0 spiro atoms. The van der Waals surface area contributed by atoms with E-state index in [1.54, 1.807) is 24.3 Å². The normalized spacial score (nSPS) is 15.2. The van der Waals surface area contributed by atoms with Gasteiger partial charge >= 0.3 is 0 Å². The molecule has 1 heterocycles. The monoisotopic (exact) mass is 523 g/mol. The van der Waals surface area contributed by atoms with Crippen LogP contribution in [-0.2, 0) is 17.9 Å². The Kier molecular flexibility index (Phi) is 8.54. The van der Waals surface area contributed by atoms with Crippen molar-refractivity contribution in [3.05, 3.63) is 94.0 Å². The quantitative estimate of drug-likeness (QED) is 0.496. The number of nitrogens with zero attached hydrogens (tertiary/aromatic N) is 1. The molecule has 0 unspecified atom stereocenters. The molecule has 3 aromatic rings. The molecule has 10 heteroatoms. The van der Waals surface area contributed by atoms with Gasteiger partial charge in [0.15, 0.2) is 0 Å². The van der Waals surface area contributed by atoms with E-state index >= 15 is 0 Å². The molecule has 4 rings (SSSR count). The van der Waals surface area contributed by atoms with E-state index in [0.717, 1.165) is 5.56 Å². The lowest BCUT2D eigenvalue weighted by Gasteiger charge is -2.25. The first-order valence-corrected chi connectivity index (χ1v) is 11.5. The molecule has 1 aliphatic heterocycles. The molecule has 0 bridgehead atoms. The molecule has 2 amide bonds. The second kappa shape index (κ2) is 11.2. The number of halogens is 4. The van der Waals surface area contributed by atoms with Gasteiger partial charge in [0.25, 0.3) is 5.91 Å². The van der Waals surface area contributed by atoms with Gasteiger partial charge in [-0.2, -0.15) is 0 Å². The van der Waals surface area contributed by atoms with Gasteiger partial charge in [-0.15, -0.1) is 24.2 Å². The molecular formula is C24H21Cl2F2N3O2S. The Bertz CT molecular complexity index is 1190. The van der Waals surface area contributed by atoms with E-state index in [2.05, 4.69) is 5.32 Å². The van der Waals surface area contributed by atoms with E-state index in [9.17, 15) is 18.4 Å². The third-order valence-corrected chi connectivity index (χ3v) is 6.62. The Morgan fingerprint density at radius 1 is 1.09 bits per heavy atom. The van der Waals surface area contributed by atoms with Gasteiger partial charge in [-0.1, -0.05) is 35.9 Å². The maximum Gasteiger partial charge on any atom is 0.254 e. The van der Waals surface area contributed by atoms with Gasteiger partial charge in [-0.3, -0.25) is 9.59 Å². The first-order chi connectivity index (χ1) is 15.8. The van der Waals surface area contributed by atoms with Crippen molar-refractivity contribution in [3.63, 3.8) is 0 Å². The lowest BCUT2D eigenvalue weighted by atomic mass is 10.1. The van der Waals surface area contributed by atoms with Crippen LogP contribution in [0.4, 0.5) is 14.5 Å². The molecule has 3 aromatic carbocycles. The van der Waals surface area contributed by atoms with E-state index in [1.807, 2.05) is 0 Å². The molecule has 0 radical (unpaired) electrons. The van der Waals surface area contributed by atoms with Crippen LogP contribution in [-0.4, -0.2) is 23.6 Å². The highest BCUT2D eigenvalue weighted by molar-refractivity contribution is 7.99. The average molecular weight is 524 g/mol. The lowest BCUT2D eigenvalue weighted by molar-refractivity contribution is -0.119. The maximum atomic E-state index is 14.9. The van der Waals surface area contributed by atoms with Crippen LogP contribution < -0.4 is 16.0 Å². The smallest absolute Gasteiger partial charge is 0.254 e. The fourth-order valence-corrected chi connectivity index (χ4v) is 4.56. The molecular weight excluding hydrogens is 503 g/mol. The molecule has 1 atom stereocenters. The van der Waals surface area contributed by atoms with Gasteiger partial charge in [0, 0.05) is 22.2 Å². The highest BCUT2D eigenvalue weighted by atomic mass is 35.5. The molecule has 178 valence electrons. The average Bonchev–Trinajstić information content (AvgIpc) is 2.91. The molecule has 1 aliphatic rings. The van der Waals surface area contributed by atoms with E-state index in [1.165, 1.54) is 53.1 Å². The Morgan fingerprint density at radius 3 is 2.41 bits per heavy atom. The minimum atomic E-state index is -0.770. The van der Waals surface area contributed by atoms with Crippen LogP contribution in [0.25, 0.3) is 0 Å². The third-order valence-electron chi connectivity index (χ3n) is 5.21. The SMILES string of the molecule is Cl.N[C@H]1CSc2cc(F)c(C(=O)NCc3ccc(F)cc3)cc2N(Cc2ccc(Cl)cc2)C1=O. The number of hydrogen-bond donors (Lipinski definition) is 2. The molecule has 0 fully saturated rings. The number of thioether (sulfide) groups is 1. The van der Waals surface area contributed by atoms with Crippen molar-refractivity contribution in [1.29, 1.82) is 0 Å². The van der Waals surface area contributed by atoms with Crippen molar-refractivity contribution in [2.75, 3.05) is 10.7 Å². The molecule has 0 aliphatic carbocycles. The van der Waals surface area contributed by atoms with Crippen LogP contribution in [0.3, 0.4) is 0 Å². The van der Waals surface area contributed by atoms with Crippen LogP contribution in [0.2, 0.25) is 5.02 Å². The van der Waals surface area contributed by atoms with Crippen LogP contribution in [0.1, 0.15) is 21.5 Å². The Morgan fingerprint density at radius 2 is 1.74 bits per heavy atom. The second-order valence-electron chi connectivity index (χ2n) is 7.58. The fourth-order valence-electron chi connectivity index (χ4n) is 3.43. The Labute approximate surface area is 211 Å². The van der Waals surface area contributed by atoms with Crippen molar-refractivity contribution in [3.8, 4) is 0 Å². The summed E-state index contributed by atoms with van der Waals surface area (Å²) in [6, 6.07) is 14.5. The summed E-state index contributed by atoms with van der Waals surface area (Å²) in [5, 5.41) is 3.20. The number of carbonyl (C=O) groups is 2. The molecule has 0 saturated carbocycles. The number of nitrogens with one attached hydrogen (secondary N) is 1. The van der Waals surface area contributed by atoms with Gasteiger partial charge in [-0.05, 0) is 47.5 Å². The van der Waals surface area contributed by atoms with E-state index in [0.29, 0.717) is 26.9 Å². The number of anilines is 1. The minimum absolute atomic E-state index is 0. The number of nitrogens with two attached hydrogens (primary N) is 1. The van der Waals surface area contributed by atoms with Crippen LogP contribution >= 0.6 is 35.8 Å². The van der Waals surface area contributed by atoms with Crippen LogP contribution in [0.15, 0.2) is 65.6 Å². The van der Waals surface area contributed by atoms with Crippen molar-refractivity contribution >= 4 is 53.3 Å². The number of hydrogen-bond acceptors (Lipinski definition) is 4. The molecule has 3 N–H and O–H groups in total. The zero-order valence-corrected chi connectivity index (χ0v) is 20.2. The molecule has 0 saturated heterocycles. The predicted octanol–water partition coefficient (Wildman–Crippen LogP) is 4.94. The summed E-state index contributed by atoms with van der Waals surface area (Å²) < 4.78 is 27.9. The number of carbonyl (C=O) groups excluding carboxylic acids is 2. The zero-order valence-electron chi connectivity index (χ0n) is 17.8. The summed E-state index contributed by atoms with van der Waals surface area (Å²) in [6.07, 6.45) is 0. The third kappa shape index (κ3) is 5.88. The van der Waals surface area contributed by atoms with Crippen LogP contribution in [0.5, 0.6) is 0 Å². The highest BCUT2D eigenvalue weighted by Crippen LogP contribution is 2.37. The van der Waals surface area contributed by atoms with Crippen molar-refractivity contribution in [2.24, 2.45) is 5.73 Å². The van der Waals surface area contributed by atoms with Gasteiger partial charge in [0.1, 0.15) is 11.6 Å². The summed E-state index contributed by atoms with van der Waals surface area (Å²) in [5.41, 5.74) is 7.75. The van der Waals surface area contributed by atoms with Crippen molar-refractivity contribution in [2.45, 2.75) is 24.0 Å². The number of benzene rings is 3. The first-order valence-electron chi connectivity index (χ1n) is 10.1. The summed E-state index contributed by atoms with van der Waals surface area (Å²) in [7, 11) is 0. The fraction of sp³-hybridized carbons (Fsp3) is 0.167. The molecule has 34 heavy (non-hydrogen) atoms. The number of amides is 2. The molecule has 5 nitrogen and oxygen atoms in total. The largest absolute Gasteiger partial charge is 0.348 e. The van der Waals surface area contributed by atoms with Gasteiger partial charge in [-0.25, -0.2) is 8.78 Å². The minimum Gasteiger partial charge on any atom is -0.348 e. The number of fused-ring (bicyclic) bond motifs is 1. The lowest BCUT2D eigenvalue weighted by Crippen LogP contribution is -2.44. The van der Waals surface area contributed by atoms with E-state index < -0.39 is 17.8 Å². The maximum absolute atomic E-state index is 14.9. The zero-order chi connectivity index (χ0) is 23.5. The number of rotatable bonds is 5. The topological polar surface area (TPSA) is 75.4 Å². The summed E-state index contributed by atoms with van der Waals surface area (Å²) >= 11 is 7.23. The predicted molar refractivity (Wildman–Crippen MR) is 133 cm³/mol. The second-order valence-corrected chi connectivity index (χ2v) is 9.08. The Balaban J connectivity index is 0.00000324. The molecule has 0 aromatic heterocycles. The Hall–Kier alpha value is -2.65. The van der Waals surface area contributed by atoms with Gasteiger partial charge in [0.05, 0.1) is 23.8 Å². The van der Waals surface area contributed by atoms with E-state index in [4.69, 9.17) is 17.3 Å². The van der Waals surface area contributed by atoms with Crippen LogP contribution in [0, 0.1) is 11.6 Å². The van der Waals surface area contributed by atoms with Crippen molar-refractivity contribution in [1.82, 2.24) is 5.32 Å². The van der Waals surface area contributed by atoms with Gasteiger partial charge in [0.2, 0.25) is 5.91 Å². The highest BCUT2D eigenvalue weighted by Gasteiger charge is 2.30.